The van der Waals surface area contributed by atoms with Crippen LogP contribution in [0.2, 0.25) is 5.02 Å². The summed E-state index contributed by atoms with van der Waals surface area (Å²) in [5.41, 5.74) is 0.811. The fourth-order valence-electron chi connectivity index (χ4n) is 2.99. The number of hydrogen-bond donors (Lipinski definition) is 2. The van der Waals surface area contributed by atoms with E-state index in [2.05, 4.69) is 22.5 Å². The summed E-state index contributed by atoms with van der Waals surface area (Å²) in [5.74, 6) is 1.23. The number of nitrogens with zero attached hydrogens (tertiary/aromatic N) is 1. The van der Waals surface area contributed by atoms with Crippen molar-refractivity contribution >= 4 is 42.3 Å². The number of amides is 1. The first kappa shape index (κ1) is 22.8. The molecule has 0 spiro atoms. The van der Waals surface area contributed by atoms with Gasteiger partial charge in [-0.25, -0.2) is 4.98 Å². The van der Waals surface area contributed by atoms with Crippen LogP contribution in [0.4, 0.5) is 0 Å². The van der Waals surface area contributed by atoms with Gasteiger partial charge < -0.3 is 15.1 Å². The number of carbonyl (C=O) groups excluding carboxylic acids is 1. The maximum absolute atomic E-state index is 12.1. The van der Waals surface area contributed by atoms with Crippen LogP contribution >= 0.6 is 36.4 Å². The Hall–Kier alpha value is -1.27. The second-order valence-corrected chi connectivity index (χ2v) is 6.65. The molecule has 1 amide bonds. The van der Waals surface area contributed by atoms with Crippen LogP contribution in [0, 0.1) is 0 Å². The minimum absolute atomic E-state index is 0. The van der Waals surface area contributed by atoms with Gasteiger partial charge in [-0.3, -0.25) is 4.79 Å². The fourth-order valence-corrected chi connectivity index (χ4v) is 3.22. The third-order valence-electron chi connectivity index (χ3n) is 4.25. The van der Waals surface area contributed by atoms with Crippen molar-refractivity contribution < 1.29 is 9.21 Å². The van der Waals surface area contributed by atoms with Crippen molar-refractivity contribution in [3.63, 3.8) is 0 Å². The number of nitrogens with one attached hydrogen (secondary N) is 2. The number of halogens is 3. The minimum atomic E-state index is 0. The predicted molar refractivity (Wildman–Crippen MR) is 108 cm³/mol. The zero-order valence-corrected chi connectivity index (χ0v) is 16.9. The maximum Gasteiger partial charge on any atom is 0.220 e. The number of aryl methyl sites for hydroxylation is 1. The lowest BCUT2D eigenvalue weighted by molar-refractivity contribution is -0.122. The smallest absolute Gasteiger partial charge is 0.220 e. The number of piperidine rings is 1. The molecule has 3 rings (SSSR count). The van der Waals surface area contributed by atoms with E-state index in [9.17, 15) is 4.79 Å². The summed E-state index contributed by atoms with van der Waals surface area (Å²) in [6.45, 7) is 3.09. The van der Waals surface area contributed by atoms with Crippen LogP contribution in [0.1, 0.15) is 32.1 Å². The van der Waals surface area contributed by atoms with Gasteiger partial charge >= 0.3 is 0 Å². The van der Waals surface area contributed by atoms with Crippen molar-refractivity contribution in [2.45, 2.75) is 44.7 Å². The van der Waals surface area contributed by atoms with Crippen molar-refractivity contribution in [1.29, 1.82) is 0 Å². The Bertz CT molecular complexity index is 708. The number of aromatic nitrogens is 1. The Morgan fingerprint density at radius 1 is 1.38 bits per heavy atom. The quantitative estimate of drug-likeness (QED) is 0.766. The highest BCUT2D eigenvalue weighted by Crippen LogP contribution is 2.28. The fraction of sp³-hybridized carbons (Fsp3) is 0.444. The standard InChI is InChI=1S/C18H22ClN3O2.2ClH/c1-12-10-13(8-9-20-12)22-17(23)6-7-18-21-11-16(24-18)14-4-2-3-5-15(14)19;;/h2-5,11-13,20H,6-10H2,1H3,(H,22,23);2*1H. The van der Waals surface area contributed by atoms with Gasteiger partial charge in [-0.2, -0.15) is 0 Å². The van der Waals surface area contributed by atoms with E-state index in [0.717, 1.165) is 24.9 Å². The van der Waals surface area contributed by atoms with Crippen molar-refractivity contribution in [2.24, 2.45) is 0 Å². The molecule has 1 aromatic carbocycles. The van der Waals surface area contributed by atoms with Gasteiger partial charge in [0.05, 0.1) is 11.2 Å². The molecule has 144 valence electrons. The third kappa shape index (κ3) is 6.16. The second kappa shape index (κ2) is 10.8. The van der Waals surface area contributed by atoms with Gasteiger partial charge in [0.15, 0.2) is 11.7 Å². The average Bonchev–Trinajstić information content (AvgIpc) is 3.02. The third-order valence-corrected chi connectivity index (χ3v) is 4.58. The Balaban J connectivity index is 0.00000169. The molecule has 1 saturated heterocycles. The average molecular weight is 421 g/mol. The monoisotopic (exact) mass is 419 g/mol. The Morgan fingerprint density at radius 2 is 2.15 bits per heavy atom. The molecule has 2 N–H and O–H groups in total. The lowest BCUT2D eigenvalue weighted by Crippen LogP contribution is -2.46. The molecular weight excluding hydrogens is 397 g/mol. The van der Waals surface area contributed by atoms with Gasteiger partial charge in [-0.1, -0.05) is 23.7 Å². The molecule has 26 heavy (non-hydrogen) atoms. The van der Waals surface area contributed by atoms with E-state index in [0.29, 0.717) is 35.6 Å². The molecule has 5 nitrogen and oxygen atoms in total. The van der Waals surface area contributed by atoms with Crippen LogP contribution in [0.3, 0.4) is 0 Å². The van der Waals surface area contributed by atoms with E-state index < -0.39 is 0 Å². The lowest BCUT2D eigenvalue weighted by atomic mass is 10.0. The summed E-state index contributed by atoms with van der Waals surface area (Å²) in [5, 5.41) is 7.10. The second-order valence-electron chi connectivity index (χ2n) is 6.24. The molecule has 8 heteroatoms. The van der Waals surface area contributed by atoms with Gasteiger partial charge in [-0.15, -0.1) is 24.8 Å². The minimum Gasteiger partial charge on any atom is -0.441 e. The van der Waals surface area contributed by atoms with Crippen LogP contribution in [0.25, 0.3) is 11.3 Å². The van der Waals surface area contributed by atoms with E-state index in [1.54, 1.807) is 6.20 Å². The van der Waals surface area contributed by atoms with Gasteiger partial charge in [0.25, 0.3) is 0 Å². The SMILES string of the molecule is CC1CC(NC(=O)CCc2ncc(-c3ccccc3Cl)o2)CCN1.Cl.Cl. The molecular formula is C18H24Cl3N3O2. The topological polar surface area (TPSA) is 67.2 Å². The van der Waals surface area contributed by atoms with E-state index >= 15 is 0 Å². The van der Waals surface area contributed by atoms with Gasteiger partial charge in [0.2, 0.25) is 5.91 Å². The van der Waals surface area contributed by atoms with Crippen molar-refractivity contribution in [1.82, 2.24) is 15.6 Å². The van der Waals surface area contributed by atoms with E-state index in [-0.39, 0.29) is 36.8 Å². The van der Waals surface area contributed by atoms with Gasteiger partial charge in [0.1, 0.15) is 0 Å². The molecule has 0 bridgehead atoms. The van der Waals surface area contributed by atoms with Crippen molar-refractivity contribution in [3.8, 4) is 11.3 Å². The van der Waals surface area contributed by atoms with Crippen molar-refractivity contribution in [2.75, 3.05) is 6.54 Å². The Kier molecular flexibility index (Phi) is 9.44. The van der Waals surface area contributed by atoms with Crippen LogP contribution in [0.5, 0.6) is 0 Å². The molecule has 1 aromatic heterocycles. The van der Waals surface area contributed by atoms with Gasteiger partial charge in [-0.05, 0) is 38.4 Å². The van der Waals surface area contributed by atoms with Crippen molar-refractivity contribution in [3.05, 3.63) is 41.4 Å². The van der Waals surface area contributed by atoms with Crippen LogP contribution in [-0.2, 0) is 11.2 Å². The van der Waals surface area contributed by atoms with Crippen LogP contribution < -0.4 is 10.6 Å². The molecule has 1 fully saturated rings. The van der Waals surface area contributed by atoms with Crippen LogP contribution in [0.15, 0.2) is 34.9 Å². The summed E-state index contributed by atoms with van der Waals surface area (Å²) in [7, 11) is 0. The molecule has 2 unspecified atom stereocenters. The lowest BCUT2D eigenvalue weighted by Gasteiger charge is -2.28. The zero-order valence-electron chi connectivity index (χ0n) is 14.5. The number of carbonyl (C=O) groups is 1. The number of rotatable bonds is 5. The molecule has 0 saturated carbocycles. The highest BCUT2D eigenvalue weighted by Gasteiger charge is 2.20. The summed E-state index contributed by atoms with van der Waals surface area (Å²) in [4.78, 5) is 16.3. The first-order valence-electron chi connectivity index (χ1n) is 8.34. The first-order chi connectivity index (χ1) is 11.6. The molecule has 1 aliphatic heterocycles. The van der Waals surface area contributed by atoms with Crippen LogP contribution in [-0.4, -0.2) is 29.5 Å². The number of hydrogen-bond acceptors (Lipinski definition) is 4. The summed E-state index contributed by atoms with van der Waals surface area (Å²) < 4.78 is 5.72. The molecule has 0 radical (unpaired) electrons. The van der Waals surface area contributed by atoms with E-state index in [1.807, 2.05) is 24.3 Å². The Morgan fingerprint density at radius 3 is 2.88 bits per heavy atom. The molecule has 2 aromatic rings. The maximum atomic E-state index is 12.1. The van der Waals surface area contributed by atoms with E-state index in [4.69, 9.17) is 16.0 Å². The summed E-state index contributed by atoms with van der Waals surface area (Å²) in [6, 6.07) is 8.18. The van der Waals surface area contributed by atoms with Gasteiger partial charge in [0, 0.05) is 30.5 Å². The number of benzene rings is 1. The summed E-state index contributed by atoms with van der Waals surface area (Å²) in [6.07, 6.45) is 4.47. The van der Waals surface area contributed by atoms with E-state index in [1.165, 1.54) is 0 Å². The molecule has 0 aliphatic carbocycles. The summed E-state index contributed by atoms with van der Waals surface area (Å²) >= 11 is 6.16. The normalized spacial score (nSPS) is 19.2. The largest absolute Gasteiger partial charge is 0.441 e. The zero-order chi connectivity index (χ0) is 16.9. The first-order valence-corrected chi connectivity index (χ1v) is 8.72. The molecule has 2 atom stereocenters. The molecule has 1 aliphatic rings. The predicted octanol–water partition coefficient (Wildman–Crippen LogP) is 4.03. The highest BCUT2D eigenvalue weighted by molar-refractivity contribution is 6.33. The Labute approximate surface area is 171 Å². The molecule has 2 heterocycles. The highest BCUT2D eigenvalue weighted by atomic mass is 35.5. The number of oxazole rings is 1.